The molecular formula is C61H43BF6N2. The molecule has 2 nitrogen and oxygen atoms in total. The van der Waals surface area contributed by atoms with Crippen molar-refractivity contribution < 1.29 is 26.3 Å². The van der Waals surface area contributed by atoms with Crippen molar-refractivity contribution in [1.82, 2.24) is 9.13 Å². The van der Waals surface area contributed by atoms with Crippen molar-refractivity contribution in [3.05, 3.63) is 196 Å². The Morgan fingerprint density at radius 1 is 0.429 bits per heavy atom. The van der Waals surface area contributed by atoms with Crippen LogP contribution in [-0.4, -0.2) is 15.8 Å². The molecule has 1 spiro atoms. The Balaban J connectivity index is 1.20. The third-order valence-electron chi connectivity index (χ3n) is 16.1. The SMILES string of the molecule is CC(C)(C)c1ccc(-c2c(-c3ccc(C(C)(C)C)cc3)n3c4c(cccc24)B2c4c-3ccc3c4-n4c5c2cc(C(F)(F)F)cc5c2cc(C(F)(F)F)cc(c24)C32c3ccccc3-c3ccccc32)cc1. The number of hydrogen-bond acceptors (Lipinski definition) is 0. The molecule has 0 saturated heterocycles. The molecule has 9 heteroatoms. The third kappa shape index (κ3) is 5.12. The van der Waals surface area contributed by atoms with Crippen molar-refractivity contribution in [3.8, 4) is 44.9 Å². The first-order chi connectivity index (χ1) is 33.3. The van der Waals surface area contributed by atoms with Gasteiger partial charge in [-0.3, -0.25) is 0 Å². The Bertz CT molecular complexity index is 3940. The average molecular weight is 929 g/mol. The minimum absolute atomic E-state index is 0.0857. The monoisotopic (exact) mass is 928 g/mol. The quantitative estimate of drug-likeness (QED) is 0.121. The van der Waals surface area contributed by atoms with E-state index in [9.17, 15) is 0 Å². The van der Waals surface area contributed by atoms with Gasteiger partial charge in [-0.2, -0.15) is 26.3 Å². The first-order valence-electron chi connectivity index (χ1n) is 23.9. The zero-order valence-corrected chi connectivity index (χ0v) is 39.2. The lowest BCUT2D eigenvalue weighted by atomic mass is 9.33. The number of hydrogen-bond donors (Lipinski definition) is 0. The largest absolute Gasteiger partial charge is 0.416 e. The van der Waals surface area contributed by atoms with Gasteiger partial charge in [0.2, 0.25) is 0 Å². The lowest BCUT2D eigenvalue weighted by molar-refractivity contribution is -0.138. The lowest BCUT2D eigenvalue weighted by Gasteiger charge is -2.44. The molecule has 0 amide bonds. The van der Waals surface area contributed by atoms with Gasteiger partial charge in [0.05, 0.1) is 27.8 Å². The number of nitrogens with zero attached hydrogens (tertiary/aromatic N) is 2. The summed E-state index contributed by atoms with van der Waals surface area (Å²) in [7, 11) is 0. The van der Waals surface area contributed by atoms with Crippen LogP contribution in [0.15, 0.2) is 152 Å². The van der Waals surface area contributed by atoms with Gasteiger partial charge in [0.15, 0.2) is 0 Å². The minimum Gasteiger partial charge on any atom is -0.310 e. The van der Waals surface area contributed by atoms with Crippen LogP contribution in [0.1, 0.15) is 86.1 Å². The molecule has 10 aromatic rings. The molecule has 5 heterocycles. The number of benzene rings is 8. The molecule has 0 radical (unpaired) electrons. The van der Waals surface area contributed by atoms with Crippen molar-refractivity contribution in [2.24, 2.45) is 0 Å². The predicted octanol–water partition coefficient (Wildman–Crippen LogP) is 14.5. The van der Waals surface area contributed by atoms with Crippen LogP contribution < -0.4 is 16.4 Å². The van der Waals surface area contributed by atoms with Gasteiger partial charge >= 0.3 is 12.4 Å². The fraction of sp³-hybridized carbons (Fsp3) is 0.180. The van der Waals surface area contributed by atoms with Crippen LogP contribution in [0.2, 0.25) is 0 Å². The number of fused-ring (bicyclic) bond motifs is 11. The molecule has 0 fully saturated rings. The van der Waals surface area contributed by atoms with E-state index in [0.717, 1.165) is 95.5 Å². The zero-order valence-electron chi connectivity index (χ0n) is 39.2. The van der Waals surface area contributed by atoms with Gasteiger partial charge < -0.3 is 9.13 Å². The maximum Gasteiger partial charge on any atom is 0.416 e. The molecule has 4 aliphatic rings. The molecule has 0 atom stereocenters. The molecule has 1 aliphatic carbocycles. The highest BCUT2D eigenvalue weighted by atomic mass is 19.4. The number of halogens is 6. The van der Waals surface area contributed by atoms with Crippen LogP contribution in [-0.2, 0) is 28.6 Å². The Kier molecular flexibility index (Phi) is 7.82. The van der Waals surface area contributed by atoms with Crippen molar-refractivity contribution in [1.29, 1.82) is 0 Å². The average Bonchev–Trinajstić information content (AvgIpc) is 3.95. The smallest absolute Gasteiger partial charge is 0.310 e. The molecule has 8 aromatic carbocycles. The van der Waals surface area contributed by atoms with E-state index in [4.69, 9.17) is 0 Å². The second kappa shape index (κ2) is 13.1. The third-order valence-corrected chi connectivity index (χ3v) is 16.1. The second-order valence-corrected chi connectivity index (χ2v) is 21.8. The van der Waals surface area contributed by atoms with Crippen molar-refractivity contribution >= 4 is 55.8 Å². The Hall–Kier alpha value is -7.26. The van der Waals surface area contributed by atoms with E-state index >= 15 is 26.3 Å². The highest BCUT2D eigenvalue weighted by Gasteiger charge is 2.55. The topological polar surface area (TPSA) is 9.86 Å². The fourth-order valence-corrected chi connectivity index (χ4v) is 13.1. The van der Waals surface area contributed by atoms with Crippen molar-refractivity contribution in [3.63, 3.8) is 0 Å². The Morgan fingerprint density at radius 2 is 0.971 bits per heavy atom. The second-order valence-electron chi connectivity index (χ2n) is 21.8. The number of para-hydroxylation sites is 1. The summed E-state index contributed by atoms with van der Waals surface area (Å²) in [4.78, 5) is 0. The maximum atomic E-state index is 15.5. The van der Waals surface area contributed by atoms with E-state index < -0.39 is 35.6 Å². The molecule has 3 aliphatic heterocycles. The van der Waals surface area contributed by atoms with Gasteiger partial charge in [0.1, 0.15) is 0 Å². The molecule has 0 saturated carbocycles. The first kappa shape index (κ1) is 41.7. The highest BCUT2D eigenvalue weighted by molar-refractivity contribution is 7.00. The van der Waals surface area contributed by atoms with Crippen LogP contribution in [0.4, 0.5) is 26.3 Å². The normalized spacial score (nSPS) is 14.9. The summed E-state index contributed by atoms with van der Waals surface area (Å²) in [6, 6.07) is 48.4. The number of alkyl halides is 6. The molecular weight excluding hydrogens is 885 g/mol. The summed E-state index contributed by atoms with van der Waals surface area (Å²) >= 11 is 0. The van der Waals surface area contributed by atoms with Crippen LogP contribution in [0.5, 0.6) is 0 Å². The summed E-state index contributed by atoms with van der Waals surface area (Å²) in [5.74, 6) is 0. The Morgan fingerprint density at radius 3 is 1.56 bits per heavy atom. The fourth-order valence-electron chi connectivity index (χ4n) is 13.1. The molecule has 0 unspecified atom stereocenters. The van der Waals surface area contributed by atoms with Crippen LogP contribution in [0.25, 0.3) is 77.6 Å². The van der Waals surface area contributed by atoms with E-state index in [-0.39, 0.29) is 21.6 Å². The minimum atomic E-state index is -4.80. The van der Waals surface area contributed by atoms with Crippen LogP contribution >= 0.6 is 0 Å². The maximum absolute atomic E-state index is 15.5. The summed E-state index contributed by atoms with van der Waals surface area (Å²) in [6.45, 7) is 12.4. The van der Waals surface area contributed by atoms with Gasteiger partial charge in [-0.15, -0.1) is 0 Å². The van der Waals surface area contributed by atoms with Gasteiger partial charge in [0, 0.05) is 44.1 Å². The van der Waals surface area contributed by atoms with Crippen LogP contribution in [0.3, 0.4) is 0 Å². The predicted molar refractivity (Wildman–Crippen MR) is 271 cm³/mol. The molecule has 0 N–H and O–H groups in total. The van der Waals surface area contributed by atoms with Gasteiger partial charge in [-0.05, 0) is 107 Å². The van der Waals surface area contributed by atoms with Crippen molar-refractivity contribution in [2.45, 2.75) is 70.1 Å². The van der Waals surface area contributed by atoms with E-state index in [0.29, 0.717) is 22.1 Å². The highest BCUT2D eigenvalue weighted by Crippen LogP contribution is 2.62. The summed E-state index contributed by atoms with van der Waals surface area (Å²) < 4.78 is 97.4. The van der Waals surface area contributed by atoms with Crippen LogP contribution in [0, 0.1) is 0 Å². The van der Waals surface area contributed by atoms with Gasteiger partial charge in [-0.1, -0.05) is 169 Å². The van der Waals surface area contributed by atoms with Crippen molar-refractivity contribution in [2.75, 3.05) is 0 Å². The van der Waals surface area contributed by atoms with Gasteiger partial charge in [0.25, 0.3) is 6.71 Å². The molecule has 0 bridgehead atoms. The summed E-state index contributed by atoms with van der Waals surface area (Å²) in [5, 5.41) is 1.26. The standard InChI is InChI=1S/C61H43BF6N2/c1-57(2,3)34-22-18-32(19-23-34)50-40-14-11-17-47-54(40)69(52(50)33-20-24-35(25-21-33)58(4,5)6)49-27-26-45-56-51(49)62(47)48-31-37(61(66,67)68)29-42-41-28-36(60(63,64)65)30-46(53(41)70(56)55(42)48)59(45)43-15-9-7-12-38(43)39-13-8-10-16-44(39)59/h7-31H,1-6H3. The Labute approximate surface area is 400 Å². The first-order valence-corrected chi connectivity index (χ1v) is 23.9. The summed E-state index contributed by atoms with van der Waals surface area (Å²) in [6.07, 6.45) is -9.59. The summed E-state index contributed by atoms with van der Waals surface area (Å²) in [5.41, 5.74) is 13.4. The van der Waals surface area contributed by atoms with E-state index in [1.165, 1.54) is 23.3 Å². The molecule has 342 valence electrons. The van der Waals surface area contributed by atoms with Gasteiger partial charge in [-0.25, -0.2) is 0 Å². The zero-order chi connectivity index (χ0) is 48.3. The lowest BCUT2D eigenvalue weighted by Crippen LogP contribution is -2.60. The van der Waals surface area contributed by atoms with E-state index in [2.05, 4.69) is 113 Å². The van der Waals surface area contributed by atoms with E-state index in [1.807, 2.05) is 65.2 Å². The molecule has 2 aromatic heterocycles. The molecule has 14 rings (SSSR count). The van der Waals surface area contributed by atoms with E-state index in [1.54, 1.807) is 0 Å². The number of aromatic nitrogens is 2. The number of rotatable bonds is 2. The molecule has 70 heavy (non-hydrogen) atoms.